The highest BCUT2D eigenvalue weighted by Gasteiger charge is 2.50. The molecule has 0 aromatic carbocycles. The van der Waals surface area contributed by atoms with Crippen molar-refractivity contribution >= 4 is 5.71 Å². The molecule has 4 fully saturated rings. The summed E-state index contributed by atoms with van der Waals surface area (Å²) in [5, 5.41) is 3.85. The second kappa shape index (κ2) is 5.11. The first-order chi connectivity index (χ1) is 11.6. The summed E-state index contributed by atoms with van der Waals surface area (Å²) in [7, 11) is 0. The number of allylic oxidation sites excluding steroid dienone is 2. The van der Waals surface area contributed by atoms with Gasteiger partial charge in [0.05, 0.1) is 12.0 Å². The lowest BCUT2D eigenvalue weighted by Gasteiger charge is -2.57. The molecule has 0 spiro atoms. The molecule has 6 rings (SSSR count). The molecule has 1 aliphatic heterocycles. The highest BCUT2D eigenvalue weighted by atomic mass is 16.3. The first kappa shape index (κ1) is 14.6. The Labute approximate surface area is 143 Å². The van der Waals surface area contributed by atoms with Gasteiger partial charge in [-0.1, -0.05) is 0 Å². The van der Waals surface area contributed by atoms with E-state index in [1.54, 1.807) is 6.26 Å². The van der Waals surface area contributed by atoms with Crippen LogP contribution in [0.2, 0.25) is 0 Å². The minimum absolute atomic E-state index is 0.346. The Bertz CT molecular complexity index is 716. The SMILES string of the molecule is CC1=C(C)/C(=C\NC23CC4CC(CC(C4)C2)C3)N=C1c1ccco1. The summed E-state index contributed by atoms with van der Waals surface area (Å²) >= 11 is 0. The van der Waals surface area contributed by atoms with E-state index in [9.17, 15) is 0 Å². The molecule has 126 valence electrons. The first-order valence-corrected chi connectivity index (χ1v) is 9.40. The lowest BCUT2D eigenvalue weighted by atomic mass is 9.53. The molecule has 0 saturated heterocycles. The monoisotopic (exact) mass is 322 g/mol. The summed E-state index contributed by atoms with van der Waals surface area (Å²) in [5.41, 5.74) is 4.90. The van der Waals surface area contributed by atoms with E-state index in [1.807, 2.05) is 12.1 Å². The van der Waals surface area contributed by atoms with E-state index in [2.05, 4.69) is 25.4 Å². The Balaban J connectivity index is 1.41. The van der Waals surface area contributed by atoms with Crippen LogP contribution in [0, 0.1) is 17.8 Å². The Morgan fingerprint density at radius 1 is 1.08 bits per heavy atom. The van der Waals surface area contributed by atoms with Crippen molar-refractivity contribution in [2.75, 3.05) is 0 Å². The highest BCUT2D eigenvalue weighted by Crippen LogP contribution is 2.55. The summed E-state index contributed by atoms with van der Waals surface area (Å²) in [6, 6.07) is 3.92. The summed E-state index contributed by atoms with van der Waals surface area (Å²) in [6.45, 7) is 4.31. The van der Waals surface area contributed by atoms with Gasteiger partial charge in [-0.25, -0.2) is 4.99 Å². The zero-order valence-corrected chi connectivity index (χ0v) is 14.6. The van der Waals surface area contributed by atoms with Crippen LogP contribution in [0.3, 0.4) is 0 Å². The standard InChI is InChI=1S/C21H26N2O/c1-13-14(2)20(19-4-3-5-24-19)23-18(13)12-22-21-9-15-6-16(10-21)8-17(7-15)11-21/h3-5,12,15-17,22H,6-11H2,1-2H3/b18-12+. The summed E-state index contributed by atoms with van der Waals surface area (Å²) < 4.78 is 5.55. The topological polar surface area (TPSA) is 37.5 Å². The molecule has 1 N–H and O–H groups in total. The van der Waals surface area contributed by atoms with E-state index in [4.69, 9.17) is 9.41 Å². The molecule has 4 aliphatic carbocycles. The maximum absolute atomic E-state index is 5.55. The van der Waals surface area contributed by atoms with Crippen molar-refractivity contribution < 1.29 is 4.42 Å². The van der Waals surface area contributed by atoms with Crippen molar-refractivity contribution in [1.29, 1.82) is 0 Å². The number of nitrogens with zero attached hydrogens (tertiary/aromatic N) is 1. The van der Waals surface area contributed by atoms with Crippen LogP contribution in [-0.2, 0) is 0 Å². The van der Waals surface area contributed by atoms with Crippen molar-refractivity contribution in [1.82, 2.24) is 5.32 Å². The van der Waals surface area contributed by atoms with Crippen LogP contribution in [0.15, 0.2) is 50.8 Å². The molecule has 24 heavy (non-hydrogen) atoms. The second-order valence-electron chi connectivity index (χ2n) is 8.56. The Morgan fingerprint density at radius 2 is 1.75 bits per heavy atom. The van der Waals surface area contributed by atoms with Crippen molar-refractivity contribution in [3.63, 3.8) is 0 Å². The number of rotatable bonds is 3. The highest BCUT2D eigenvalue weighted by molar-refractivity contribution is 6.13. The van der Waals surface area contributed by atoms with Gasteiger partial charge >= 0.3 is 0 Å². The van der Waals surface area contributed by atoms with Crippen LogP contribution >= 0.6 is 0 Å². The maximum atomic E-state index is 5.55. The van der Waals surface area contributed by atoms with Crippen LogP contribution in [0.5, 0.6) is 0 Å². The first-order valence-electron chi connectivity index (χ1n) is 9.40. The van der Waals surface area contributed by atoms with E-state index < -0.39 is 0 Å². The van der Waals surface area contributed by atoms with Gasteiger partial charge in [-0.15, -0.1) is 0 Å². The van der Waals surface area contributed by atoms with Crippen molar-refractivity contribution in [2.24, 2.45) is 22.7 Å². The molecule has 0 atom stereocenters. The molecule has 1 aromatic rings. The van der Waals surface area contributed by atoms with Crippen LogP contribution in [0.1, 0.15) is 58.1 Å². The van der Waals surface area contributed by atoms with Gasteiger partial charge in [-0.3, -0.25) is 0 Å². The van der Waals surface area contributed by atoms with E-state index >= 15 is 0 Å². The number of hydrogen-bond acceptors (Lipinski definition) is 3. The fourth-order valence-electron chi connectivity index (χ4n) is 5.96. The van der Waals surface area contributed by atoms with Crippen LogP contribution in [0.25, 0.3) is 0 Å². The molecule has 3 heteroatoms. The van der Waals surface area contributed by atoms with E-state index in [1.165, 1.54) is 49.7 Å². The zero-order chi connectivity index (χ0) is 16.3. The Kier molecular flexibility index (Phi) is 3.10. The maximum Gasteiger partial charge on any atom is 0.152 e. The summed E-state index contributed by atoms with van der Waals surface area (Å²) in [6.07, 6.45) is 12.4. The number of nitrogens with one attached hydrogen (secondary N) is 1. The lowest BCUT2D eigenvalue weighted by molar-refractivity contribution is -0.0130. The van der Waals surface area contributed by atoms with Crippen molar-refractivity contribution in [2.45, 2.75) is 57.9 Å². The van der Waals surface area contributed by atoms with Gasteiger partial charge in [0.25, 0.3) is 0 Å². The quantitative estimate of drug-likeness (QED) is 0.866. The molecular formula is C21H26N2O. The molecule has 0 amide bonds. The Morgan fingerprint density at radius 3 is 2.33 bits per heavy atom. The van der Waals surface area contributed by atoms with Crippen LogP contribution in [-0.4, -0.2) is 11.3 Å². The molecule has 5 aliphatic rings. The average molecular weight is 322 g/mol. The lowest BCUT2D eigenvalue weighted by Crippen LogP contribution is -2.57. The Hall–Kier alpha value is -1.77. The molecule has 4 saturated carbocycles. The van der Waals surface area contributed by atoms with Gasteiger partial charge in [0.2, 0.25) is 0 Å². The average Bonchev–Trinajstić information content (AvgIpc) is 3.15. The minimum Gasteiger partial charge on any atom is -0.463 e. The molecule has 3 nitrogen and oxygen atoms in total. The molecule has 0 radical (unpaired) electrons. The third kappa shape index (κ3) is 2.21. The van der Waals surface area contributed by atoms with E-state index in [-0.39, 0.29) is 0 Å². The molecular weight excluding hydrogens is 296 g/mol. The number of furan rings is 1. The molecule has 4 bridgehead atoms. The van der Waals surface area contributed by atoms with Gasteiger partial charge in [0, 0.05) is 11.7 Å². The zero-order valence-electron chi connectivity index (χ0n) is 14.6. The van der Waals surface area contributed by atoms with Crippen molar-refractivity contribution in [3.05, 3.63) is 47.2 Å². The summed E-state index contributed by atoms with van der Waals surface area (Å²) in [4.78, 5) is 4.86. The fraction of sp³-hybridized carbons (Fsp3) is 0.571. The third-order valence-electron chi connectivity index (χ3n) is 6.84. The van der Waals surface area contributed by atoms with Crippen LogP contribution in [0.4, 0.5) is 0 Å². The molecule has 0 unspecified atom stereocenters. The predicted molar refractivity (Wildman–Crippen MR) is 95.7 cm³/mol. The predicted octanol–water partition coefficient (Wildman–Crippen LogP) is 4.82. The summed E-state index contributed by atoms with van der Waals surface area (Å²) in [5.74, 6) is 3.76. The number of hydrogen-bond donors (Lipinski definition) is 1. The van der Waals surface area contributed by atoms with E-state index in [0.717, 1.165) is 34.9 Å². The normalized spacial score (nSPS) is 39.0. The number of aliphatic imine (C=N–C) groups is 1. The third-order valence-corrected chi connectivity index (χ3v) is 6.84. The molecule has 2 heterocycles. The van der Waals surface area contributed by atoms with Gasteiger partial charge < -0.3 is 9.73 Å². The van der Waals surface area contributed by atoms with Gasteiger partial charge in [0.15, 0.2) is 5.76 Å². The van der Waals surface area contributed by atoms with Crippen molar-refractivity contribution in [3.8, 4) is 0 Å². The molecule has 1 aromatic heterocycles. The largest absolute Gasteiger partial charge is 0.463 e. The fourth-order valence-corrected chi connectivity index (χ4v) is 5.96. The van der Waals surface area contributed by atoms with Gasteiger partial charge in [-0.05, 0) is 93.4 Å². The van der Waals surface area contributed by atoms with E-state index in [0.29, 0.717) is 5.54 Å². The van der Waals surface area contributed by atoms with Gasteiger partial charge in [0.1, 0.15) is 5.71 Å². The van der Waals surface area contributed by atoms with Crippen LogP contribution < -0.4 is 5.32 Å². The van der Waals surface area contributed by atoms with Gasteiger partial charge in [-0.2, -0.15) is 0 Å². The second-order valence-corrected chi connectivity index (χ2v) is 8.56. The minimum atomic E-state index is 0.346. The smallest absolute Gasteiger partial charge is 0.152 e.